The van der Waals surface area contributed by atoms with Gasteiger partial charge in [-0.25, -0.2) is 0 Å². The topological polar surface area (TPSA) is 0 Å². The van der Waals surface area contributed by atoms with E-state index in [4.69, 9.17) is 0 Å². The summed E-state index contributed by atoms with van der Waals surface area (Å²) in [5.41, 5.74) is 12.5. The van der Waals surface area contributed by atoms with Crippen LogP contribution in [0.4, 0.5) is 0 Å². The second-order valence-electron chi connectivity index (χ2n) is 8.04. The van der Waals surface area contributed by atoms with E-state index >= 15 is 0 Å². The van der Waals surface area contributed by atoms with E-state index in [1.165, 1.54) is 50.1 Å². The number of hydrogen-bond donors (Lipinski definition) is 0. The van der Waals surface area contributed by atoms with Gasteiger partial charge in [-0.15, -0.1) is 0 Å². The van der Waals surface area contributed by atoms with E-state index in [-0.39, 0.29) is 0 Å². The van der Waals surface area contributed by atoms with Gasteiger partial charge in [0.05, 0.1) is 0 Å². The van der Waals surface area contributed by atoms with Crippen LogP contribution in [0, 0.1) is 0 Å². The first-order valence-corrected chi connectivity index (χ1v) is 10.0. The summed E-state index contributed by atoms with van der Waals surface area (Å²) in [7, 11) is 0. The van der Waals surface area contributed by atoms with Gasteiger partial charge in [0.25, 0.3) is 0 Å². The van der Waals surface area contributed by atoms with Crippen molar-refractivity contribution in [1.29, 1.82) is 0 Å². The highest BCUT2D eigenvalue weighted by atomic mass is 14.3. The Kier molecular flexibility index (Phi) is 4.13. The van der Waals surface area contributed by atoms with Crippen molar-refractivity contribution in [3.05, 3.63) is 118 Å². The Hall–Kier alpha value is -3.12. The van der Waals surface area contributed by atoms with Crippen molar-refractivity contribution in [3.63, 3.8) is 0 Å². The summed E-state index contributed by atoms with van der Waals surface area (Å²) in [6.45, 7) is 4.28. The van der Waals surface area contributed by atoms with Crippen LogP contribution in [0.25, 0.3) is 22.8 Å². The first-order valence-electron chi connectivity index (χ1n) is 10.0. The van der Waals surface area contributed by atoms with Crippen LogP contribution in [0.2, 0.25) is 0 Å². The molecule has 5 rings (SSSR count). The summed E-state index contributed by atoms with van der Waals surface area (Å²) in [4.78, 5) is 0. The minimum Gasteiger partial charge on any atom is -0.0758 e. The minimum atomic E-state index is 0.332. The van der Waals surface area contributed by atoms with Crippen LogP contribution in [-0.4, -0.2) is 0 Å². The van der Waals surface area contributed by atoms with Gasteiger partial charge in [-0.1, -0.05) is 96.6 Å². The fourth-order valence-electron chi connectivity index (χ4n) is 4.60. The summed E-state index contributed by atoms with van der Waals surface area (Å²) < 4.78 is 0. The zero-order valence-corrected chi connectivity index (χ0v) is 16.4. The van der Waals surface area contributed by atoms with E-state index in [1.54, 1.807) is 0 Å². The molecule has 0 spiro atoms. The lowest BCUT2D eigenvalue weighted by Crippen LogP contribution is -2.01. The van der Waals surface area contributed by atoms with Crippen LogP contribution in [0.5, 0.6) is 0 Å². The third kappa shape index (κ3) is 2.86. The van der Waals surface area contributed by atoms with Crippen LogP contribution in [0.1, 0.15) is 47.6 Å². The standard InChI is InChI=1S/C28H24/c1-19(2)17-20-13-15-21(16-14-20)23-9-5-10-25(23)27-12-6-11-26-24-8-4-3-7-22(24)18-28(26)27/h3-17,25H,18H2,1-2H3. The van der Waals surface area contributed by atoms with Crippen LogP contribution in [0.15, 0.2) is 90.5 Å². The first kappa shape index (κ1) is 17.0. The SMILES string of the molecule is CC(C)=Cc1ccc(C2=CC=CC2c2cccc3c2Cc2ccccc2-3)cc1. The molecule has 0 N–H and O–H groups in total. The predicted molar refractivity (Wildman–Crippen MR) is 120 cm³/mol. The van der Waals surface area contributed by atoms with E-state index in [2.05, 4.69) is 105 Å². The highest BCUT2D eigenvalue weighted by molar-refractivity contribution is 5.83. The van der Waals surface area contributed by atoms with Crippen LogP contribution < -0.4 is 0 Å². The fraction of sp³-hybridized carbons (Fsp3) is 0.143. The Morgan fingerprint density at radius 1 is 0.857 bits per heavy atom. The van der Waals surface area contributed by atoms with Gasteiger partial charge < -0.3 is 0 Å². The summed E-state index contributed by atoms with van der Waals surface area (Å²) in [6, 6.07) is 24.6. The second-order valence-corrected chi connectivity index (χ2v) is 8.04. The lowest BCUT2D eigenvalue weighted by atomic mass is 9.85. The molecule has 1 atom stereocenters. The molecule has 0 aromatic heterocycles. The average Bonchev–Trinajstić information content (AvgIpc) is 3.33. The molecule has 0 heterocycles. The van der Waals surface area contributed by atoms with Crippen LogP contribution in [0.3, 0.4) is 0 Å². The first-order chi connectivity index (χ1) is 13.7. The van der Waals surface area contributed by atoms with Crippen molar-refractivity contribution in [2.75, 3.05) is 0 Å². The molecule has 3 aromatic carbocycles. The van der Waals surface area contributed by atoms with Gasteiger partial charge >= 0.3 is 0 Å². The van der Waals surface area contributed by atoms with E-state index in [9.17, 15) is 0 Å². The van der Waals surface area contributed by atoms with E-state index in [0.29, 0.717) is 5.92 Å². The van der Waals surface area contributed by atoms with Gasteiger partial charge in [-0.2, -0.15) is 0 Å². The molecule has 0 nitrogen and oxygen atoms in total. The molecule has 2 aliphatic carbocycles. The maximum absolute atomic E-state index is 2.35. The molecule has 28 heavy (non-hydrogen) atoms. The van der Waals surface area contributed by atoms with Gasteiger partial charge in [0, 0.05) is 5.92 Å². The number of hydrogen-bond acceptors (Lipinski definition) is 0. The van der Waals surface area contributed by atoms with Crippen LogP contribution in [-0.2, 0) is 6.42 Å². The minimum absolute atomic E-state index is 0.332. The molecule has 136 valence electrons. The van der Waals surface area contributed by atoms with Crippen molar-refractivity contribution < 1.29 is 0 Å². The average molecular weight is 361 g/mol. The molecule has 0 radical (unpaired) electrons. The predicted octanol–water partition coefficient (Wildman–Crippen LogP) is 7.42. The molecule has 3 aromatic rings. The molecule has 0 saturated heterocycles. The van der Waals surface area contributed by atoms with Crippen molar-refractivity contribution in [1.82, 2.24) is 0 Å². The highest BCUT2D eigenvalue weighted by Crippen LogP contribution is 2.45. The van der Waals surface area contributed by atoms with Gasteiger partial charge in [-0.3, -0.25) is 0 Å². The van der Waals surface area contributed by atoms with E-state index in [1.807, 2.05) is 0 Å². The zero-order chi connectivity index (χ0) is 19.1. The van der Waals surface area contributed by atoms with Crippen molar-refractivity contribution in [2.24, 2.45) is 0 Å². The molecule has 0 saturated carbocycles. The molecule has 0 aliphatic heterocycles. The number of fused-ring (bicyclic) bond motifs is 3. The summed E-state index contributed by atoms with van der Waals surface area (Å²) >= 11 is 0. The highest BCUT2D eigenvalue weighted by Gasteiger charge is 2.26. The smallest absolute Gasteiger partial charge is 0.0281 e. The Labute approximate surface area is 167 Å². The monoisotopic (exact) mass is 360 g/mol. The third-order valence-electron chi connectivity index (χ3n) is 5.84. The summed E-state index contributed by atoms with van der Waals surface area (Å²) in [5.74, 6) is 0.332. The molecular formula is C28H24. The lowest BCUT2D eigenvalue weighted by molar-refractivity contribution is 1.07. The molecule has 0 amide bonds. The Bertz CT molecular complexity index is 1130. The number of benzene rings is 3. The van der Waals surface area contributed by atoms with Gasteiger partial charge in [0.1, 0.15) is 0 Å². The molecule has 0 bridgehead atoms. The maximum atomic E-state index is 2.35. The summed E-state index contributed by atoms with van der Waals surface area (Å²) in [6.07, 6.45) is 10.1. The number of rotatable bonds is 3. The van der Waals surface area contributed by atoms with Crippen LogP contribution >= 0.6 is 0 Å². The van der Waals surface area contributed by atoms with Gasteiger partial charge in [-0.05, 0) is 64.8 Å². The molecular weight excluding hydrogens is 336 g/mol. The van der Waals surface area contributed by atoms with E-state index in [0.717, 1.165) is 6.42 Å². The van der Waals surface area contributed by atoms with E-state index < -0.39 is 0 Å². The fourth-order valence-corrected chi connectivity index (χ4v) is 4.60. The molecule has 0 heteroatoms. The normalized spacial score (nSPS) is 16.5. The Balaban J connectivity index is 1.52. The quantitative estimate of drug-likeness (QED) is 0.356. The van der Waals surface area contributed by atoms with Crippen molar-refractivity contribution in [3.8, 4) is 11.1 Å². The third-order valence-corrected chi connectivity index (χ3v) is 5.84. The van der Waals surface area contributed by atoms with Crippen molar-refractivity contribution in [2.45, 2.75) is 26.2 Å². The zero-order valence-electron chi connectivity index (χ0n) is 16.4. The Morgan fingerprint density at radius 2 is 1.64 bits per heavy atom. The van der Waals surface area contributed by atoms with Gasteiger partial charge in [0.2, 0.25) is 0 Å². The van der Waals surface area contributed by atoms with Gasteiger partial charge in [0.15, 0.2) is 0 Å². The summed E-state index contributed by atoms with van der Waals surface area (Å²) in [5, 5.41) is 0. The second kappa shape index (κ2) is 6.80. The Morgan fingerprint density at radius 3 is 2.46 bits per heavy atom. The van der Waals surface area contributed by atoms with Crippen molar-refractivity contribution >= 4 is 11.6 Å². The molecule has 0 fully saturated rings. The lowest BCUT2D eigenvalue weighted by Gasteiger charge is -2.19. The largest absolute Gasteiger partial charge is 0.0758 e. The number of allylic oxidation sites excluding steroid dienone is 5. The maximum Gasteiger partial charge on any atom is 0.0281 e. The molecule has 1 unspecified atom stereocenters. The molecule has 2 aliphatic rings.